The fraction of sp³-hybridized carbons (Fsp3) is 0.273. The first kappa shape index (κ1) is 12.8. The highest BCUT2D eigenvalue weighted by molar-refractivity contribution is 5.92. The van der Waals surface area contributed by atoms with E-state index >= 15 is 0 Å². The number of nitrogens with zero attached hydrogens (tertiary/aromatic N) is 3. The molecule has 2 aromatic rings. The Bertz CT molecular complexity index is 627. The van der Waals surface area contributed by atoms with E-state index in [2.05, 4.69) is 10.3 Å². The second kappa shape index (κ2) is 4.23. The number of carbonyl (C=O) groups is 2. The first-order valence-corrected chi connectivity index (χ1v) is 5.32. The van der Waals surface area contributed by atoms with Gasteiger partial charge in [-0.25, -0.2) is 14.3 Å². The van der Waals surface area contributed by atoms with Crippen LogP contribution in [0.25, 0.3) is 11.5 Å². The van der Waals surface area contributed by atoms with Crippen LogP contribution in [0, 0.1) is 0 Å². The van der Waals surface area contributed by atoms with Gasteiger partial charge >= 0.3 is 11.9 Å². The van der Waals surface area contributed by atoms with Crippen molar-refractivity contribution >= 4 is 11.9 Å². The lowest BCUT2D eigenvalue weighted by atomic mass is 10.1. The van der Waals surface area contributed by atoms with Gasteiger partial charge < -0.3 is 14.6 Å². The Morgan fingerprint density at radius 1 is 1.37 bits per heavy atom. The quantitative estimate of drug-likeness (QED) is 0.848. The Hall–Kier alpha value is -2.64. The first-order valence-electron chi connectivity index (χ1n) is 5.32. The van der Waals surface area contributed by atoms with Crippen LogP contribution in [0.1, 0.15) is 24.3 Å². The Kier molecular flexibility index (Phi) is 2.85. The molecule has 2 heterocycles. The van der Waals surface area contributed by atoms with Crippen molar-refractivity contribution in [1.82, 2.24) is 15.0 Å². The number of hydrogen-bond acceptors (Lipinski definition) is 5. The number of hydrogen-bond donors (Lipinski definition) is 2. The number of aliphatic carboxylic acids is 1. The van der Waals surface area contributed by atoms with E-state index in [4.69, 9.17) is 9.52 Å². The van der Waals surface area contributed by atoms with Gasteiger partial charge in [-0.1, -0.05) is 5.21 Å². The summed E-state index contributed by atoms with van der Waals surface area (Å²) in [7, 11) is 0. The number of carboxylic acid groups (broad SMARTS) is 2. The fourth-order valence-electron chi connectivity index (χ4n) is 1.54. The Morgan fingerprint density at radius 3 is 2.53 bits per heavy atom. The summed E-state index contributed by atoms with van der Waals surface area (Å²) in [6, 6.07) is 3.08. The molecule has 0 saturated carbocycles. The van der Waals surface area contributed by atoms with Gasteiger partial charge in [-0.3, -0.25) is 0 Å². The molecule has 0 aliphatic heterocycles. The van der Waals surface area contributed by atoms with E-state index in [1.807, 2.05) is 0 Å². The standard InChI is InChI=1S/C11H11N3O5/c1-11(2,10(17)18)14-8(6-4-3-5-19-6)7(9(15)16)12-13-14/h3-5H,1-2H3,(H,15,16)(H,17,18). The van der Waals surface area contributed by atoms with E-state index in [-0.39, 0.29) is 17.1 Å². The normalized spacial score (nSPS) is 11.5. The zero-order valence-electron chi connectivity index (χ0n) is 10.2. The smallest absolute Gasteiger partial charge is 0.358 e. The van der Waals surface area contributed by atoms with E-state index in [1.54, 1.807) is 6.07 Å². The number of carboxylic acids is 2. The number of aromatic nitrogens is 3. The molecule has 0 bridgehead atoms. The van der Waals surface area contributed by atoms with Crippen molar-refractivity contribution in [2.24, 2.45) is 0 Å². The molecule has 0 aliphatic carbocycles. The lowest BCUT2D eigenvalue weighted by molar-refractivity contribution is -0.146. The minimum atomic E-state index is -1.46. The van der Waals surface area contributed by atoms with Crippen molar-refractivity contribution in [3.05, 3.63) is 24.1 Å². The molecule has 0 aliphatic rings. The predicted molar refractivity (Wildman–Crippen MR) is 61.6 cm³/mol. The average molecular weight is 265 g/mol. The molecule has 2 N–H and O–H groups in total. The van der Waals surface area contributed by atoms with Gasteiger partial charge in [0.2, 0.25) is 5.69 Å². The maximum atomic E-state index is 11.3. The molecule has 0 radical (unpaired) electrons. The Balaban J connectivity index is 2.71. The number of aromatic carboxylic acids is 1. The summed E-state index contributed by atoms with van der Waals surface area (Å²) in [5, 5.41) is 25.4. The molecule has 2 rings (SSSR count). The van der Waals surface area contributed by atoms with Gasteiger partial charge in [0.05, 0.1) is 6.26 Å². The molecule has 2 aromatic heterocycles. The summed E-state index contributed by atoms with van der Waals surface area (Å²) >= 11 is 0. The van der Waals surface area contributed by atoms with Crippen molar-refractivity contribution in [3.8, 4) is 11.5 Å². The van der Waals surface area contributed by atoms with Gasteiger partial charge in [-0.15, -0.1) is 5.10 Å². The van der Waals surface area contributed by atoms with Crippen molar-refractivity contribution in [3.63, 3.8) is 0 Å². The van der Waals surface area contributed by atoms with Gasteiger partial charge in [-0.2, -0.15) is 0 Å². The highest BCUT2D eigenvalue weighted by Crippen LogP contribution is 2.28. The third-order valence-corrected chi connectivity index (χ3v) is 2.68. The fourth-order valence-corrected chi connectivity index (χ4v) is 1.54. The Labute approximate surface area is 107 Å². The zero-order chi connectivity index (χ0) is 14.2. The topological polar surface area (TPSA) is 118 Å². The van der Waals surface area contributed by atoms with Crippen molar-refractivity contribution in [2.75, 3.05) is 0 Å². The second-order valence-electron chi connectivity index (χ2n) is 4.35. The lowest BCUT2D eigenvalue weighted by Gasteiger charge is -2.20. The molecule has 0 amide bonds. The van der Waals surface area contributed by atoms with Crippen LogP contribution in [0.2, 0.25) is 0 Å². The molecular weight excluding hydrogens is 254 g/mol. The number of rotatable bonds is 4. The summed E-state index contributed by atoms with van der Waals surface area (Å²) < 4.78 is 6.15. The third kappa shape index (κ3) is 1.96. The highest BCUT2D eigenvalue weighted by atomic mass is 16.4. The molecule has 19 heavy (non-hydrogen) atoms. The summed E-state index contributed by atoms with van der Waals surface area (Å²) in [6.45, 7) is 2.78. The summed E-state index contributed by atoms with van der Waals surface area (Å²) in [6.07, 6.45) is 1.35. The SMILES string of the molecule is CC(C)(C(=O)O)n1nnc(C(=O)O)c1-c1ccco1. The van der Waals surface area contributed by atoms with Gasteiger partial charge in [0.1, 0.15) is 5.69 Å². The van der Waals surface area contributed by atoms with E-state index in [0.717, 1.165) is 4.68 Å². The van der Waals surface area contributed by atoms with E-state index in [1.165, 1.54) is 26.2 Å². The molecule has 100 valence electrons. The summed E-state index contributed by atoms with van der Waals surface area (Å²) in [4.78, 5) is 22.4. The van der Waals surface area contributed by atoms with E-state index < -0.39 is 17.5 Å². The van der Waals surface area contributed by atoms with Crippen molar-refractivity contribution in [1.29, 1.82) is 0 Å². The highest BCUT2D eigenvalue weighted by Gasteiger charge is 2.36. The average Bonchev–Trinajstić information content (AvgIpc) is 2.97. The largest absolute Gasteiger partial charge is 0.479 e. The minimum absolute atomic E-state index is 0.0184. The van der Waals surface area contributed by atoms with Crippen LogP contribution in [-0.4, -0.2) is 37.1 Å². The molecule has 8 heteroatoms. The summed E-state index contributed by atoms with van der Waals surface area (Å²) in [5.41, 5.74) is -1.79. The molecule has 0 fully saturated rings. The van der Waals surface area contributed by atoms with Crippen LogP contribution in [0.5, 0.6) is 0 Å². The first-order chi connectivity index (χ1) is 8.85. The van der Waals surface area contributed by atoms with Crippen LogP contribution < -0.4 is 0 Å². The van der Waals surface area contributed by atoms with Crippen LogP contribution in [-0.2, 0) is 10.3 Å². The lowest BCUT2D eigenvalue weighted by Crippen LogP contribution is -2.37. The van der Waals surface area contributed by atoms with Crippen molar-refractivity contribution < 1.29 is 24.2 Å². The predicted octanol–water partition coefficient (Wildman–Crippen LogP) is 1.06. The van der Waals surface area contributed by atoms with E-state index in [0.29, 0.717) is 0 Å². The molecule has 0 aromatic carbocycles. The molecule has 0 unspecified atom stereocenters. The van der Waals surface area contributed by atoms with Crippen LogP contribution in [0.3, 0.4) is 0 Å². The van der Waals surface area contributed by atoms with Crippen LogP contribution >= 0.6 is 0 Å². The molecule has 0 spiro atoms. The van der Waals surface area contributed by atoms with Crippen LogP contribution in [0.4, 0.5) is 0 Å². The van der Waals surface area contributed by atoms with Gasteiger partial charge in [0.25, 0.3) is 0 Å². The van der Waals surface area contributed by atoms with Crippen molar-refractivity contribution in [2.45, 2.75) is 19.4 Å². The molecule has 0 saturated heterocycles. The molecule has 8 nitrogen and oxygen atoms in total. The third-order valence-electron chi connectivity index (χ3n) is 2.68. The maximum Gasteiger partial charge on any atom is 0.358 e. The number of furan rings is 1. The van der Waals surface area contributed by atoms with Gasteiger partial charge in [-0.05, 0) is 26.0 Å². The zero-order valence-corrected chi connectivity index (χ0v) is 10.2. The molecule has 0 atom stereocenters. The summed E-state index contributed by atoms with van der Waals surface area (Å²) in [5.74, 6) is -2.28. The van der Waals surface area contributed by atoms with Gasteiger partial charge in [0.15, 0.2) is 11.3 Å². The van der Waals surface area contributed by atoms with Crippen LogP contribution in [0.15, 0.2) is 22.8 Å². The maximum absolute atomic E-state index is 11.3. The second-order valence-corrected chi connectivity index (χ2v) is 4.35. The Morgan fingerprint density at radius 2 is 2.05 bits per heavy atom. The monoisotopic (exact) mass is 265 g/mol. The van der Waals surface area contributed by atoms with Gasteiger partial charge in [0, 0.05) is 0 Å². The molecular formula is C11H11N3O5. The minimum Gasteiger partial charge on any atom is -0.479 e. The van der Waals surface area contributed by atoms with E-state index in [9.17, 15) is 14.7 Å².